The molecule has 1 atom stereocenters. The second kappa shape index (κ2) is 16.3. The second-order valence-corrected chi connectivity index (χ2v) is 9.22. The summed E-state index contributed by atoms with van der Waals surface area (Å²) in [6.45, 7) is 7.88. The fraction of sp³-hybridized carbons (Fsp3) is 0.312. The van der Waals surface area contributed by atoms with Crippen molar-refractivity contribution in [3.05, 3.63) is 95.9 Å². The number of rotatable bonds is 14. The van der Waals surface area contributed by atoms with Crippen molar-refractivity contribution in [3.8, 4) is 17.2 Å². The van der Waals surface area contributed by atoms with Crippen LogP contribution in [0.5, 0.6) is 17.2 Å². The molecule has 0 N–H and O–H groups in total. The quantitative estimate of drug-likeness (QED) is 0.0949. The molecule has 0 aliphatic carbocycles. The summed E-state index contributed by atoms with van der Waals surface area (Å²) < 4.78 is 16.6. The van der Waals surface area contributed by atoms with Crippen molar-refractivity contribution in [3.63, 3.8) is 0 Å². The van der Waals surface area contributed by atoms with Gasteiger partial charge in [-0.15, -0.1) is 0 Å². The van der Waals surface area contributed by atoms with Crippen LogP contribution in [0.25, 0.3) is 0 Å². The van der Waals surface area contributed by atoms with E-state index in [-0.39, 0.29) is 56.8 Å². The number of carbonyl (C=O) groups excluding carboxylic acids is 3. The Kier molecular flexibility index (Phi) is 13.5. The van der Waals surface area contributed by atoms with E-state index in [0.717, 1.165) is 16.7 Å². The average Bonchev–Trinajstić information content (AvgIpc) is 2.94. The Morgan fingerprint density at radius 3 is 2.08 bits per heavy atom. The number of methoxy groups -OCH3 is 2. The minimum absolute atomic E-state index is 0. The molecule has 40 heavy (non-hydrogen) atoms. The molecule has 3 aromatic rings. The number of carbonyl (C=O) groups is 3. The molecule has 0 saturated carbocycles. The smallest absolute Gasteiger partial charge is 0.311 e. The Morgan fingerprint density at radius 2 is 1.52 bits per heavy atom. The maximum Gasteiger partial charge on any atom is 0.311 e. The Bertz CT molecular complexity index is 1270. The van der Waals surface area contributed by atoms with Crippen molar-refractivity contribution in [2.45, 2.75) is 45.7 Å². The van der Waals surface area contributed by atoms with Gasteiger partial charge in [0.05, 0.1) is 20.3 Å². The van der Waals surface area contributed by atoms with Crippen LogP contribution in [0, 0.1) is 6.92 Å². The van der Waals surface area contributed by atoms with Crippen molar-refractivity contribution in [1.29, 1.82) is 0 Å². The number of hydrogen-bond donors (Lipinski definition) is 0. The van der Waals surface area contributed by atoms with E-state index >= 15 is 0 Å². The Balaban J connectivity index is 0.00000560. The molecule has 0 bridgehead atoms. The number of esters is 1. The van der Waals surface area contributed by atoms with Crippen molar-refractivity contribution in [2.75, 3.05) is 20.8 Å². The average molecular weight is 620 g/mol. The van der Waals surface area contributed by atoms with Crippen LogP contribution in [-0.2, 0) is 48.8 Å². The van der Waals surface area contributed by atoms with E-state index in [2.05, 4.69) is 6.92 Å². The maximum atomic E-state index is 12.4. The largest absolute Gasteiger partial charge is 0.497 e. The first-order valence-corrected chi connectivity index (χ1v) is 13.0. The summed E-state index contributed by atoms with van der Waals surface area (Å²) >= 11 is 0. The Morgan fingerprint density at radius 1 is 0.875 bits per heavy atom. The van der Waals surface area contributed by atoms with Crippen LogP contribution in [0.2, 0.25) is 0 Å². The van der Waals surface area contributed by atoms with Gasteiger partial charge in [0.15, 0.2) is 5.78 Å². The predicted molar refractivity (Wildman–Crippen MR) is 150 cm³/mol. The third-order valence-corrected chi connectivity index (χ3v) is 6.34. The molecule has 3 rings (SSSR count). The first-order valence-electron chi connectivity index (χ1n) is 13.0. The van der Waals surface area contributed by atoms with E-state index in [1.807, 2.05) is 67.3 Å². The van der Waals surface area contributed by atoms with Gasteiger partial charge in [-0.2, -0.15) is 0 Å². The molecule has 0 heterocycles. The molecule has 209 valence electrons. The van der Waals surface area contributed by atoms with Gasteiger partial charge in [0, 0.05) is 81.6 Å². The maximum absolute atomic E-state index is 12.4. The third kappa shape index (κ3) is 9.02. The monoisotopic (exact) mass is 619 g/mol. The fourth-order valence-electron chi connectivity index (χ4n) is 4.44. The van der Waals surface area contributed by atoms with Crippen LogP contribution in [0.15, 0.2) is 66.7 Å². The minimum atomic E-state index is -0.408. The molecular weight excluding hydrogens is 583 g/mol. The summed E-state index contributed by atoms with van der Waals surface area (Å²) in [5.41, 5.74) is 3.29. The topological polar surface area (TPSA) is 82.1 Å². The van der Waals surface area contributed by atoms with Gasteiger partial charge in [-0.05, 0) is 41.8 Å². The first-order chi connectivity index (χ1) is 18.8. The van der Waals surface area contributed by atoms with Gasteiger partial charge in [-0.25, -0.2) is 0 Å². The summed E-state index contributed by atoms with van der Waals surface area (Å²) in [7, 11) is 3.18. The molecule has 3 aromatic carbocycles. The molecule has 1 radical (unpaired) electrons. The summed E-state index contributed by atoms with van der Waals surface area (Å²) in [6, 6.07) is 19.9. The summed E-state index contributed by atoms with van der Waals surface area (Å²) in [4.78, 5) is 38.5. The van der Waals surface area contributed by atoms with Crippen LogP contribution < -0.4 is 14.2 Å². The van der Waals surface area contributed by atoms with Gasteiger partial charge >= 0.3 is 5.97 Å². The molecule has 0 aliphatic heterocycles. The normalized spacial score (nSPS) is 11.3. The molecular formula is C32H36NO6Y-. The number of benzene rings is 3. The molecule has 0 spiro atoms. The van der Waals surface area contributed by atoms with Gasteiger partial charge in [-0.3, -0.25) is 14.5 Å². The van der Waals surface area contributed by atoms with E-state index < -0.39 is 6.04 Å². The van der Waals surface area contributed by atoms with Crippen LogP contribution >= 0.6 is 0 Å². The van der Waals surface area contributed by atoms with E-state index in [4.69, 9.17) is 14.2 Å². The molecule has 0 saturated heterocycles. The molecule has 7 nitrogen and oxygen atoms in total. The molecule has 0 aliphatic rings. The second-order valence-electron chi connectivity index (χ2n) is 9.22. The fourth-order valence-corrected chi connectivity index (χ4v) is 4.44. The van der Waals surface area contributed by atoms with E-state index in [1.54, 1.807) is 32.4 Å². The SMILES string of the molecule is [CH2-]C(=O)CN(Cc1ccc(C(=O)CC)cc1)C(c1ccc(OC(=O)CCC)cc1)c1ccc(OC)cc1OC.[Y]. The third-order valence-electron chi connectivity index (χ3n) is 6.34. The van der Waals surface area contributed by atoms with Crippen LogP contribution in [-0.4, -0.2) is 43.2 Å². The van der Waals surface area contributed by atoms with Gasteiger partial charge in [0.25, 0.3) is 0 Å². The molecule has 8 heteroatoms. The van der Waals surface area contributed by atoms with Crippen molar-refractivity contribution in [2.24, 2.45) is 0 Å². The van der Waals surface area contributed by atoms with Crippen LogP contribution in [0.1, 0.15) is 66.2 Å². The minimum Gasteiger partial charge on any atom is -0.497 e. The van der Waals surface area contributed by atoms with Crippen LogP contribution in [0.4, 0.5) is 0 Å². The van der Waals surface area contributed by atoms with Crippen molar-refractivity contribution >= 4 is 17.5 Å². The van der Waals surface area contributed by atoms with Gasteiger partial charge in [0.1, 0.15) is 17.2 Å². The molecule has 0 amide bonds. The van der Waals surface area contributed by atoms with Crippen molar-refractivity contribution in [1.82, 2.24) is 4.90 Å². The van der Waals surface area contributed by atoms with Gasteiger partial charge in [0.2, 0.25) is 0 Å². The zero-order valence-corrected chi connectivity index (χ0v) is 26.5. The van der Waals surface area contributed by atoms with Crippen molar-refractivity contribution < 1.29 is 61.3 Å². The van der Waals surface area contributed by atoms with E-state index in [9.17, 15) is 14.4 Å². The van der Waals surface area contributed by atoms with E-state index in [0.29, 0.717) is 48.6 Å². The molecule has 0 fully saturated rings. The Labute approximate surface area is 262 Å². The standard InChI is InChI=1S/C32H36NO6.Y/c1-6-8-31(36)39-26-15-13-25(14-16-26)32(28-18-17-27(37-4)19-30(28)38-5)33(20-22(3)34)21-23-9-11-24(12-10-23)29(35)7-2;/h9-19,32H,3,6-8,20-21H2,1-2,4-5H3;/q-1;. The van der Waals surface area contributed by atoms with E-state index in [1.165, 1.54) is 0 Å². The summed E-state index contributed by atoms with van der Waals surface area (Å²) in [5, 5.41) is 0. The first kappa shape index (κ1) is 33.2. The van der Waals surface area contributed by atoms with Gasteiger partial charge < -0.3 is 25.9 Å². The zero-order chi connectivity index (χ0) is 28.4. The molecule has 1 unspecified atom stereocenters. The summed E-state index contributed by atoms with van der Waals surface area (Å²) in [5.74, 6) is 1.25. The Hall–Kier alpha value is -3.00. The van der Waals surface area contributed by atoms with Gasteiger partial charge in [-0.1, -0.05) is 50.2 Å². The number of hydrogen-bond acceptors (Lipinski definition) is 7. The number of Topliss-reactive ketones (excluding diaryl/α,β-unsaturated/α-hetero) is 2. The summed E-state index contributed by atoms with van der Waals surface area (Å²) in [6.07, 6.45) is 1.48. The van der Waals surface area contributed by atoms with Crippen LogP contribution in [0.3, 0.4) is 0 Å². The molecule has 0 aromatic heterocycles. The number of ketones is 2. The zero-order valence-electron chi connectivity index (χ0n) is 23.6. The number of ether oxygens (including phenoxy) is 3. The predicted octanol–water partition coefficient (Wildman–Crippen LogP) is 5.99. The number of nitrogens with zero attached hydrogens (tertiary/aromatic N) is 1.